The first kappa shape index (κ1) is 3.28. The zero-order valence-corrected chi connectivity index (χ0v) is 3.09. The third-order valence-electron chi connectivity index (χ3n) is 0.527. The van der Waals surface area contributed by atoms with E-state index in [1.165, 1.54) is 12.3 Å². The highest BCUT2D eigenvalue weighted by molar-refractivity contribution is 6.03. The maximum Gasteiger partial charge on any atom is 0.269 e. The van der Waals surface area contributed by atoms with E-state index in [1.54, 1.807) is 6.08 Å². The van der Waals surface area contributed by atoms with E-state index in [2.05, 4.69) is 4.99 Å². The summed E-state index contributed by atoms with van der Waals surface area (Å²) in [6, 6.07) is 0. The van der Waals surface area contributed by atoms with Crippen molar-refractivity contribution < 1.29 is 4.79 Å². The summed E-state index contributed by atoms with van der Waals surface area (Å²) >= 11 is 0. The summed E-state index contributed by atoms with van der Waals surface area (Å²) in [6.45, 7) is 0. The van der Waals surface area contributed by atoms with Crippen LogP contribution in [0.5, 0.6) is 0 Å². The van der Waals surface area contributed by atoms with Gasteiger partial charge in [-0.15, -0.1) is 0 Å². The van der Waals surface area contributed by atoms with Gasteiger partial charge >= 0.3 is 0 Å². The minimum absolute atomic E-state index is 0.157. The Kier molecular flexibility index (Phi) is 0.572. The molecule has 0 saturated heterocycles. The number of amides is 1. The summed E-state index contributed by atoms with van der Waals surface area (Å²) < 4.78 is 0. The average molecular weight is 81.1 g/mol. The van der Waals surface area contributed by atoms with Gasteiger partial charge in [0.1, 0.15) is 0 Å². The highest BCUT2D eigenvalue weighted by Crippen LogP contribution is 1.83. The molecule has 1 aliphatic rings. The van der Waals surface area contributed by atoms with Crippen molar-refractivity contribution in [3.63, 3.8) is 0 Å². The predicted octanol–water partition coefficient (Wildman–Crippen LogP) is 0.154. The normalized spacial score (nSPS) is 17.0. The summed E-state index contributed by atoms with van der Waals surface area (Å²) in [4.78, 5) is 13.3. The van der Waals surface area contributed by atoms with Crippen LogP contribution in [0.25, 0.3) is 0 Å². The SMILES string of the molecule is O=C1C=CC=N1. The maximum absolute atomic E-state index is 9.96. The molecular formula is C4H3NO. The molecule has 1 heterocycles. The van der Waals surface area contributed by atoms with Crippen LogP contribution in [0.3, 0.4) is 0 Å². The van der Waals surface area contributed by atoms with Crippen molar-refractivity contribution in [1.82, 2.24) is 0 Å². The molecule has 0 aromatic rings. The van der Waals surface area contributed by atoms with E-state index in [-0.39, 0.29) is 5.91 Å². The van der Waals surface area contributed by atoms with Crippen molar-refractivity contribution in [2.24, 2.45) is 4.99 Å². The van der Waals surface area contributed by atoms with E-state index in [9.17, 15) is 4.79 Å². The summed E-state index contributed by atoms with van der Waals surface area (Å²) in [5.74, 6) is -0.157. The summed E-state index contributed by atoms with van der Waals surface area (Å²) in [6.07, 6.45) is 4.50. The predicted molar refractivity (Wildman–Crippen MR) is 22.6 cm³/mol. The van der Waals surface area contributed by atoms with Crippen LogP contribution in [0, 0.1) is 0 Å². The molecule has 0 N–H and O–H groups in total. The summed E-state index contributed by atoms with van der Waals surface area (Å²) in [5, 5.41) is 0. The highest BCUT2D eigenvalue weighted by Gasteiger charge is 1.90. The monoisotopic (exact) mass is 81.0 g/mol. The Hall–Kier alpha value is -0.920. The third-order valence-corrected chi connectivity index (χ3v) is 0.527. The van der Waals surface area contributed by atoms with Crippen LogP contribution in [-0.4, -0.2) is 12.1 Å². The Balaban J connectivity index is 2.86. The van der Waals surface area contributed by atoms with Gasteiger partial charge in [-0.1, -0.05) is 0 Å². The first-order chi connectivity index (χ1) is 2.89. The fourth-order valence-corrected chi connectivity index (χ4v) is 0.285. The molecule has 0 aliphatic carbocycles. The fraction of sp³-hybridized carbons (Fsp3) is 0. The fourth-order valence-electron chi connectivity index (χ4n) is 0.285. The molecule has 0 radical (unpaired) electrons. The molecule has 0 fully saturated rings. The van der Waals surface area contributed by atoms with Crippen LogP contribution in [0.1, 0.15) is 0 Å². The molecule has 2 nitrogen and oxygen atoms in total. The molecular weight excluding hydrogens is 78.0 g/mol. The third kappa shape index (κ3) is 0.360. The smallest absolute Gasteiger partial charge is 0.267 e. The van der Waals surface area contributed by atoms with E-state index in [0.29, 0.717) is 0 Å². The first-order valence-electron chi connectivity index (χ1n) is 1.64. The molecule has 0 bridgehead atoms. The number of carbonyl (C=O) groups excluding carboxylic acids is 1. The van der Waals surface area contributed by atoms with Crippen molar-refractivity contribution in [3.8, 4) is 0 Å². The second kappa shape index (κ2) is 1.05. The van der Waals surface area contributed by atoms with Crippen molar-refractivity contribution in [3.05, 3.63) is 12.2 Å². The van der Waals surface area contributed by atoms with E-state index < -0.39 is 0 Å². The van der Waals surface area contributed by atoms with Crippen LogP contribution in [0.4, 0.5) is 0 Å². The number of allylic oxidation sites excluding steroid dienone is 1. The molecule has 30 valence electrons. The van der Waals surface area contributed by atoms with Gasteiger partial charge < -0.3 is 0 Å². The molecule has 0 saturated carbocycles. The topological polar surface area (TPSA) is 29.4 Å². The van der Waals surface area contributed by atoms with Gasteiger partial charge in [-0.25, -0.2) is 4.99 Å². The van der Waals surface area contributed by atoms with E-state index in [0.717, 1.165) is 0 Å². The van der Waals surface area contributed by atoms with Gasteiger partial charge in [0.05, 0.1) is 0 Å². The van der Waals surface area contributed by atoms with Crippen molar-refractivity contribution >= 4 is 12.1 Å². The highest BCUT2D eigenvalue weighted by atomic mass is 16.1. The molecule has 6 heavy (non-hydrogen) atoms. The Morgan fingerprint density at radius 1 is 1.67 bits per heavy atom. The molecule has 0 spiro atoms. The van der Waals surface area contributed by atoms with E-state index in [1.807, 2.05) is 0 Å². The van der Waals surface area contributed by atoms with Gasteiger partial charge in [0.25, 0.3) is 5.91 Å². The lowest BCUT2D eigenvalue weighted by molar-refractivity contribution is -0.113. The van der Waals surface area contributed by atoms with Crippen molar-refractivity contribution in [2.75, 3.05) is 0 Å². The number of rotatable bonds is 0. The minimum atomic E-state index is -0.157. The molecule has 1 aliphatic heterocycles. The van der Waals surface area contributed by atoms with Crippen molar-refractivity contribution in [1.29, 1.82) is 0 Å². The molecule has 2 heteroatoms. The molecule has 0 unspecified atom stereocenters. The van der Waals surface area contributed by atoms with Crippen LogP contribution in [0.15, 0.2) is 17.1 Å². The van der Waals surface area contributed by atoms with E-state index in [4.69, 9.17) is 0 Å². The average Bonchev–Trinajstić information content (AvgIpc) is 1.86. The van der Waals surface area contributed by atoms with Gasteiger partial charge in [-0.05, 0) is 6.08 Å². The second-order valence-corrected chi connectivity index (χ2v) is 0.976. The Bertz CT molecular complexity index is 110. The number of hydrogen-bond acceptors (Lipinski definition) is 1. The molecule has 0 atom stereocenters. The number of nitrogens with zero attached hydrogens (tertiary/aromatic N) is 1. The Morgan fingerprint density at radius 3 is 2.67 bits per heavy atom. The lowest BCUT2D eigenvalue weighted by atomic mass is 10.6. The van der Waals surface area contributed by atoms with E-state index >= 15 is 0 Å². The van der Waals surface area contributed by atoms with Gasteiger partial charge in [0, 0.05) is 12.3 Å². The van der Waals surface area contributed by atoms with Gasteiger partial charge in [0.2, 0.25) is 0 Å². The Labute approximate surface area is 35.2 Å². The lowest BCUT2D eigenvalue weighted by Gasteiger charge is -1.62. The number of hydrogen-bond donors (Lipinski definition) is 0. The quantitative estimate of drug-likeness (QED) is 0.408. The molecule has 0 aromatic heterocycles. The number of aliphatic imine (C=N–C) groups is 1. The zero-order chi connectivity index (χ0) is 4.41. The lowest BCUT2D eigenvalue weighted by Crippen LogP contribution is -1.75. The molecule has 1 rings (SSSR count). The standard InChI is InChI=1S/C4H3NO/c6-4-2-1-3-5-4/h1-3H. The largest absolute Gasteiger partial charge is 0.269 e. The summed E-state index contributed by atoms with van der Waals surface area (Å²) in [5.41, 5.74) is 0. The van der Waals surface area contributed by atoms with Crippen LogP contribution in [0.2, 0.25) is 0 Å². The zero-order valence-electron chi connectivity index (χ0n) is 3.09. The van der Waals surface area contributed by atoms with Crippen molar-refractivity contribution in [2.45, 2.75) is 0 Å². The number of carbonyl (C=O) groups is 1. The summed E-state index contributed by atoms with van der Waals surface area (Å²) in [7, 11) is 0. The molecule has 1 amide bonds. The van der Waals surface area contributed by atoms with Gasteiger partial charge in [-0.3, -0.25) is 4.79 Å². The van der Waals surface area contributed by atoms with Gasteiger partial charge in [-0.2, -0.15) is 0 Å². The van der Waals surface area contributed by atoms with Crippen LogP contribution >= 0.6 is 0 Å². The minimum Gasteiger partial charge on any atom is -0.267 e. The maximum atomic E-state index is 9.96. The Morgan fingerprint density at radius 2 is 2.50 bits per heavy atom. The van der Waals surface area contributed by atoms with Gasteiger partial charge in [0.15, 0.2) is 0 Å². The first-order valence-corrected chi connectivity index (χ1v) is 1.64. The second-order valence-electron chi connectivity index (χ2n) is 0.976. The van der Waals surface area contributed by atoms with Crippen LogP contribution in [-0.2, 0) is 4.79 Å². The molecule has 0 aromatic carbocycles. The van der Waals surface area contributed by atoms with Crippen LogP contribution < -0.4 is 0 Å².